The van der Waals surface area contributed by atoms with Gasteiger partial charge in [-0.15, -0.1) is 0 Å². The zero-order valence-electron chi connectivity index (χ0n) is 21.2. The number of amides is 1. The van der Waals surface area contributed by atoms with Crippen LogP contribution in [0.1, 0.15) is 26.3 Å². The van der Waals surface area contributed by atoms with E-state index in [1.165, 1.54) is 0 Å². The maximum absolute atomic E-state index is 14.7. The number of carbonyl (C=O) groups excluding carboxylic acids is 1. The van der Waals surface area contributed by atoms with Gasteiger partial charge in [-0.2, -0.15) is 5.10 Å². The highest BCUT2D eigenvalue weighted by molar-refractivity contribution is 5.82. The molecular weight excluding hydrogens is 490 g/mol. The zero-order valence-corrected chi connectivity index (χ0v) is 21.2. The predicted molar refractivity (Wildman–Crippen MR) is 140 cm³/mol. The van der Waals surface area contributed by atoms with Gasteiger partial charge in [0, 0.05) is 55.4 Å². The molecule has 2 fully saturated rings. The molecule has 1 saturated heterocycles. The van der Waals surface area contributed by atoms with Gasteiger partial charge in [0.15, 0.2) is 5.82 Å². The van der Waals surface area contributed by atoms with E-state index in [9.17, 15) is 13.6 Å². The van der Waals surface area contributed by atoms with Crippen molar-refractivity contribution in [2.24, 2.45) is 5.92 Å². The molecule has 9 nitrogen and oxygen atoms in total. The minimum absolute atomic E-state index is 0.0587. The number of piperazine rings is 1. The highest BCUT2D eigenvalue weighted by atomic mass is 19.1. The number of aromatic nitrogens is 5. The Morgan fingerprint density at radius 3 is 2.47 bits per heavy atom. The number of nitrogens with one attached hydrogen (secondary N) is 1. The number of nitrogens with zero attached hydrogens (tertiary/aromatic N) is 7. The lowest BCUT2D eigenvalue weighted by atomic mass is 10.2. The van der Waals surface area contributed by atoms with E-state index in [-0.39, 0.29) is 23.6 Å². The highest BCUT2D eigenvalue weighted by Crippen LogP contribution is 2.36. The molecule has 1 aliphatic carbocycles. The third kappa shape index (κ3) is 4.64. The molecule has 1 N–H and O–H groups in total. The van der Waals surface area contributed by atoms with Gasteiger partial charge < -0.3 is 15.1 Å². The Labute approximate surface area is 218 Å². The summed E-state index contributed by atoms with van der Waals surface area (Å²) in [5.74, 6) is -0.755. The number of hydrogen-bond acceptors (Lipinski definition) is 7. The minimum Gasteiger partial charge on any atom is -0.368 e. The van der Waals surface area contributed by atoms with Crippen LogP contribution in [0.3, 0.4) is 0 Å². The van der Waals surface area contributed by atoms with Gasteiger partial charge in [0.25, 0.3) is 0 Å². The van der Waals surface area contributed by atoms with Gasteiger partial charge in [-0.3, -0.25) is 14.5 Å². The number of fused-ring (bicyclic) bond motifs is 1. The van der Waals surface area contributed by atoms with Crippen molar-refractivity contribution in [2.45, 2.75) is 32.5 Å². The average molecular weight is 519 g/mol. The van der Waals surface area contributed by atoms with E-state index in [2.05, 4.69) is 30.3 Å². The van der Waals surface area contributed by atoms with Crippen LogP contribution in [0.25, 0.3) is 22.3 Å². The van der Waals surface area contributed by atoms with Crippen LogP contribution < -0.4 is 10.2 Å². The summed E-state index contributed by atoms with van der Waals surface area (Å²) >= 11 is 0. The molecule has 4 heterocycles. The summed E-state index contributed by atoms with van der Waals surface area (Å²) in [5, 5.41) is 7.52. The molecule has 1 amide bonds. The Morgan fingerprint density at radius 1 is 1.05 bits per heavy atom. The van der Waals surface area contributed by atoms with Crippen molar-refractivity contribution in [3.63, 3.8) is 0 Å². The average Bonchev–Trinajstić information content (AvgIpc) is 3.50. The van der Waals surface area contributed by atoms with Crippen LogP contribution >= 0.6 is 0 Å². The SMILES string of the molecule is CC(C)n1ncc2ncc(-c3nc(Nc4ccc(N5CCN(C(=O)[C@@H]6C[C@@H]6F)CC5)cc4)ncc3F)cc21. The second-order valence-electron chi connectivity index (χ2n) is 10.0. The first kappa shape index (κ1) is 24.2. The molecule has 38 heavy (non-hydrogen) atoms. The van der Waals surface area contributed by atoms with Crippen LogP contribution in [-0.4, -0.2) is 67.9 Å². The minimum atomic E-state index is -0.961. The molecule has 0 bridgehead atoms. The molecule has 1 saturated carbocycles. The molecule has 11 heteroatoms. The summed E-state index contributed by atoms with van der Waals surface area (Å²) < 4.78 is 29.8. The van der Waals surface area contributed by atoms with E-state index in [0.29, 0.717) is 38.2 Å². The number of rotatable bonds is 6. The predicted octanol–water partition coefficient (Wildman–Crippen LogP) is 4.36. The number of halogens is 2. The fraction of sp³-hybridized carbons (Fsp3) is 0.370. The van der Waals surface area contributed by atoms with Gasteiger partial charge >= 0.3 is 0 Å². The molecule has 2 atom stereocenters. The van der Waals surface area contributed by atoms with E-state index in [1.807, 2.05) is 48.9 Å². The van der Waals surface area contributed by atoms with Gasteiger partial charge in [0.2, 0.25) is 11.9 Å². The largest absolute Gasteiger partial charge is 0.368 e. The lowest BCUT2D eigenvalue weighted by Crippen LogP contribution is -2.49. The van der Waals surface area contributed by atoms with Gasteiger partial charge in [0.1, 0.15) is 17.4 Å². The number of carbonyl (C=O) groups is 1. The quantitative estimate of drug-likeness (QED) is 0.406. The molecule has 1 aliphatic heterocycles. The smallest absolute Gasteiger partial charge is 0.228 e. The van der Waals surface area contributed by atoms with Crippen molar-refractivity contribution >= 4 is 34.3 Å². The molecule has 2 aliphatic rings. The summed E-state index contributed by atoms with van der Waals surface area (Å²) in [6, 6.07) is 9.75. The monoisotopic (exact) mass is 518 g/mol. The Bertz CT molecular complexity index is 1480. The molecule has 6 rings (SSSR count). The summed E-state index contributed by atoms with van der Waals surface area (Å²) in [5.41, 5.74) is 4.03. The fourth-order valence-electron chi connectivity index (χ4n) is 4.82. The number of hydrogen-bond donors (Lipinski definition) is 1. The third-order valence-electron chi connectivity index (χ3n) is 7.07. The summed E-state index contributed by atoms with van der Waals surface area (Å²) in [6.45, 7) is 6.62. The third-order valence-corrected chi connectivity index (χ3v) is 7.07. The van der Waals surface area contributed by atoms with Crippen molar-refractivity contribution in [3.05, 3.63) is 54.7 Å². The topological polar surface area (TPSA) is 92.1 Å². The summed E-state index contributed by atoms with van der Waals surface area (Å²) in [4.78, 5) is 29.2. The van der Waals surface area contributed by atoms with Crippen molar-refractivity contribution in [1.29, 1.82) is 0 Å². The Kier molecular flexibility index (Phi) is 6.13. The van der Waals surface area contributed by atoms with Crippen LogP contribution in [-0.2, 0) is 4.79 Å². The number of pyridine rings is 1. The first-order chi connectivity index (χ1) is 18.4. The van der Waals surface area contributed by atoms with Crippen LogP contribution in [0.15, 0.2) is 48.9 Å². The first-order valence-corrected chi connectivity index (χ1v) is 12.8. The standard InChI is InChI=1S/C27H28F2N8O/c1-16(2)37-24-11-17(13-30-23(24)15-32-37)25-22(29)14-31-27(34-25)33-18-3-5-19(6-4-18)35-7-9-36(10-8-35)26(38)20-12-21(20)28/h3-6,11,13-16,20-21H,7-10,12H2,1-2H3,(H,31,33,34)/t20-,21+/m1/s1. The Balaban J connectivity index is 1.14. The van der Waals surface area contributed by atoms with E-state index >= 15 is 0 Å². The molecule has 1 aromatic carbocycles. The molecule has 3 aromatic heterocycles. The molecule has 0 unspecified atom stereocenters. The van der Waals surface area contributed by atoms with Gasteiger partial charge in [-0.25, -0.2) is 18.7 Å². The summed E-state index contributed by atoms with van der Waals surface area (Å²) in [7, 11) is 0. The van der Waals surface area contributed by atoms with Gasteiger partial charge in [-0.05, 0) is 50.6 Å². The second-order valence-corrected chi connectivity index (χ2v) is 10.0. The number of alkyl halides is 1. The maximum atomic E-state index is 14.7. The van der Waals surface area contributed by atoms with Crippen molar-refractivity contribution in [3.8, 4) is 11.3 Å². The van der Waals surface area contributed by atoms with Gasteiger partial charge in [0.05, 0.1) is 23.8 Å². The van der Waals surface area contributed by atoms with Crippen LogP contribution in [0.4, 0.5) is 26.1 Å². The van der Waals surface area contributed by atoms with E-state index < -0.39 is 17.9 Å². The fourth-order valence-corrected chi connectivity index (χ4v) is 4.82. The molecule has 0 spiro atoms. The Hall–Kier alpha value is -4.15. The summed E-state index contributed by atoms with van der Waals surface area (Å²) in [6.07, 6.45) is 3.84. The maximum Gasteiger partial charge on any atom is 0.228 e. The van der Waals surface area contributed by atoms with Gasteiger partial charge in [-0.1, -0.05) is 0 Å². The van der Waals surface area contributed by atoms with E-state index in [0.717, 1.165) is 28.6 Å². The number of benzene rings is 1. The molecular formula is C27H28F2N8O. The molecule has 196 valence electrons. The lowest BCUT2D eigenvalue weighted by Gasteiger charge is -2.36. The first-order valence-electron chi connectivity index (χ1n) is 12.8. The van der Waals surface area contributed by atoms with Crippen molar-refractivity contribution in [1.82, 2.24) is 29.6 Å². The normalized spacial score (nSPS) is 19.3. The lowest BCUT2D eigenvalue weighted by molar-refractivity contribution is -0.133. The highest BCUT2D eigenvalue weighted by Gasteiger charge is 2.46. The van der Waals surface area contributed by atoms with E-state index in [4.69, 9.17) is 0 Å². The van der Waals surface area contributed by atoms with Crippen LogP contribution in [0.2, 0.25) is 0 Å². The van der Waals surface area contributed by atoms with Crippen LogP contribution in [0, 0.1) is 11.7 Å². The van der Waals surface area contributed by atoms with Crippen molar-refractivity contribution < 1.29 is 13.6 Å². The Morgan fingerprint density at radius 2 is 1.79 bits per heavy atom. The molecule has 0 radical (unpaired) electrons. The van der Waals surface area contributed by atoms with E-state index in [1.54, 1.807) is 17.3 Å². The number of anilines is 3. The second kappa shape index (κ2) is 9.62. The van der Waals surface area contributed by atoms with Crippen LogP contribution in [0.5, 0.6) is 0 Å². The zero-order chi connectivity index (χ0) is 26.4. The van der Waals surface area contributed by atoms with Crippen molar-refractivity contribution in [2.75, 3.05) is 36.4 Å². The molecule has 4 aromatic rings.